The number of pyridine rings is 1. The average molecular weight is 423 g/mol. The van der Waals surface area contributed by atoms with Crippen molar-refractivity contribution in [3.63, 3.8) is 0 Å². The lowest BCUT2D eigenvalue weighted by Gasteiger charge is -2.19. The van der Waals surface area contributed by atoms with Crippen molar-refractivity contribution in [3.8, 4) is 22.4 Å². The molecule has 160 valence electrons. The smallest absolute Gasteiger partial charge is 0.187 e. The lowest BCUT2D eigenvalue weighted by molar-refractivity contribution is 0.323. The van der Waals surface area contributed by atoms with Gasteiger partial charge in [-0.3, -0.25) is 4.90 Å². The van der Waals surface area contributed by atoms with Crippen LogP contribution in [0.2, 0.25) is 0 Å². The summed E-state index contributed by atoms with van der Waals surface area (Å²) in [6.45, 7) is 12.3. The summed E-state index contributed by atoms with van der Waals surface area (Å²) in [5.74, 6) is 0. The first-order valence-corrected chi connectivity index (χ1v) is 11.0. The van der Waals surface area contributed by atoms with E-state index in [9.17, 15) is 0 Å². The number of hydrogen-bond donors (Lipinski definition) is 1. The SMILES string of the molecule is [C-]#[N+]c1ccc(-c2cc(CN3CC[C@@H](NC)C3)c3ncnn3c2-c2ccc(C)cc2)cc1. The zero-order valence-corrected chi connectivity index (χ0v) is 18.4. The second-order valence-electron chi connectivity index (χ2n) is 8.46. The van der Waals surface area contributed by atoms with Crippen molar-refractivity contribution in [1.29, 1.82) is 0 Å². The first-order chi connectivity index (χ1) is 15.7. The van der Waals surface area contributed by atoms with E-state index in [2.05, 4.69) is 62.4 Å². The Hall–Kier alpha value is -3.53. The van der Waals surface area contributed by atoms with Crippen molar-refractivity contribution in [2.75, 3.05) is 20.1 Å². The third-order valence-electron chi connectivity index (χ3n) is 6.33. The summed E-state index contributed by atoms with van der Waals surface area (Å²) in [6, 6.07) is 19.1. The lowest BCUT2D eigenvalue weighted by Crippen LogP contribution is -2.29. The largest absolute Gasteiger partial charge is 0.316 e. The van der Waals surface area contributed by atoms with E-state index < -0.39 is 0 Å². The first-order valence-electron chi connectivity index (χ1n) is 11.0. The maximum absolute atomic E-state index is 7.29. The van der Waals surface area contributed by atoms with Gasteiger partial charge >= 0.3 is 0 Å². The molecule has 3 heterocycles. The van der Waals surface area contributed by atoms with Gasteiger partial charge in [-0.05, 0) is 32.0 Å². The van der Waals surface area contributed by atoms with Crippen LogP contribution in [0.15, 0.2) is 60.9 Å². The minimum Gasteiger partial charge on any atom is -0.316 e. The van der Waals surface area contributed by atoms with Gasteiger partial charge in [0.05, 0.1) is 12.3 Å². The molecule has 1 saturated heterocycles. The van der Waals surface area contributed by atoms with E-state index in [0.717, 1.165) is 54.1 Å². The second-order valence-corrected chi connectivity index (χ2v) is 8.46. The highest BCUT2D eigenvalue weighted by atomic mass is 15.3. The fourth-order valence-electron chi connectivity index (χ4n) is 4.54. The van der Waals surface area contributed by atoms with Gasteiger partial charge in [-0.2, -0.15) is 5.10 Å². The summed E-state index contributed by atoms with van der Waals surface area (Å²) in [6.07, 6.45) is 2.80. The number of benzene rings is 2. The molecular weight excluding hydrogens is 396 g/mol. The molecule has 32 heavy (non-hydrogen) atoms. The lowest BCUT2D eigenvalue weighted by atomic mass is 9.96. The fourth-order valence-corrected chi connectivity index (χ4v) is 4.54. The molecule has 1 aliphatic rings. The molecule has 6 heteroatoms. The molecule has 0 unspecified atom stereocenters. The number of aryl methyl sites for hydroxylation is 1. The van der Waals surface area contributed by atoms with Crippen LogP contribution in [-0.2, 0) is 6.54 Å². The quantitative estimate of drug-likeness (QED) is 0.473. The van der Waals surface area contributed by atoms with E-state index >= 15 is 0 Å². The Kier molecular flexibility index (Phi) is 5.44. The van der Waals surface area contributed by atoms with Crippen LogP contribution in [0.1, 0.15) is 17.5 Å². The molecule has 0 amide bonds. The van der Waals surface area contributed by atoms with Gasteiger partial charge in [0.2, 0.25) is 0 Å². The van der Waals surface area contributed by atoms with Gasteiger partial charge in [0, 0.05) is 42.4 Å². The van der Waals surface area contributed by atoms with Crippen LogP contribution in [0, 0.1) is 13.5 Å². The third-order valence-corrected chi connectivity index (χ3v) is 6.33. The molecule has 0 saturated carbocycles. The maximum Gasteiger partial charge on any atom is 0.187 e. The van der Waals surface area contributed by atoms with Crippen LogP contribution in [-0.4, -0.2) is 45.7 Å². The molecule has 6 nitrogen and oxygen atoms in total. The Bertz CT molecular complexity index is 1280. The van der Waals surface area contributed by atoms with E-state index in [1.165, 1.54) is 11.1 Å². The number of rotatable bonds is 5. The average Bonchev–Trinajstić information content (AvgIpc) is 3.49. The van der Waals surface area contributed by atoms with E-state index in [4.69, 9.17) is 6.57 Å². The van der Waals surface area contributed by atoms with Crippen LogP contribution in [0.25, 0.3) is 32.9 Å². The van der Waals surface area contributed by atoms with Gasteiger partial charge in [-0.25, -0.2) is 14.3 Å². The molecule has 0 radical (unpaired) electrons. The molecule has 2 aromatic heterocycles. The van der Waals surface area contributed by atoms with Crippen molar-refractivity contribution in [2.45, 2.75) is 25.9 Å². The summed E-state index contributed by atoms with van der Waals surface area (Å²) in [4.78, 5) is 10.7. The molecular formula is C26H26N6. The monoisotopic (exact) mass is 422 g/mol. The van der Waals surface area contributed by atoms with Crippen LogP contribution >= 0.6 is 0 Å². The number of hydrogen-bond acceptors (Lipinski definition) is 4. The fraction of sp³-hybridized carbons (Fsp3) is 0.269. The van der Waals surface area contributed by atoms with Crippen molar-refractivity contribution in [1.82, 2.24) is 24.8 Å². The Labute approximate surface area is 188 Å². The highest BCUT2D eigenvalue weighted by molar-refractivity contribution is 5.84. The molecule has 1 N–H and O–H groups in total. The van der Waals surface area contributed by atoms with Gasteiger partial charge in [-0.15, -0.1) is 0 Å². The second kappa shape index (κ2) is 8.54. The summed E-state index contributed by atoms with van der Waals surface area (Å²) in [5.41, 5.74) is 8.21. The summed E-state index contributed by atoms with van der Waals surface area (Å²) < 4.78 is 1.98. The van der Waals surface area contributed by atoms with Gasteiger partial charge in [-0.1, -0.05) is 54.1 Å². The van der Waals surface area contributed by atoms with Crippen molar-refractivity contribution in [2.24, 2.45) is 0 Å². The van der Waals surface area contributed by atoms with Gasteiger partial charge in [0.25, 0.3) is 0 Å². The van der Waals surface area contributed by atoms with Crippen molar-refractivity contribution >= 4 is 11.3 Å². The first kappa shape index (κ1) is 20.4. The van der Waals surface area contributed by atoms with Crippen LogP contribution in [0.5, 0.6) is 0 Å². The highest BCUT2D eigenvalue weighted by Gasteiger charge is 2.24. The van der Waals surface area contributed by atoms with Crippen LogP contribution in [0.4, 0.5) is 5.69 Å². The Morgan fingerprint density at radius 2 is 1.84 bits per heavy atom. The van der Waals surface area contributed by atoms with E-state index in [1.807, 2.05) is 35.8 Å². The Balaban J connectivity index is 1.68. The number of likely N-dealkylation sites (tertiary alicyclic amines) is 1. The van der Waals surface area contributed by atoms with E-state index in [1.54, 1.807) is 6.33 Å². The summed E-state index contributed by atoms with van der Waals surface area (Å²) >= 11 is 0. The predicted octanol–water partition coefficient (Wildman–Crippen LogP) is 4.72. The van der Waals surface area contributed by atoms with Gasteiger partial charge in [0.1, 0.15) is 6.33 Å². The molecule has 4 aromatic rings. The predicted molar refractivity (Wildman–Crippen MR) is 128 cm³/mol. The minimum absolute atomic E-state index is 0.538. The van der Waals surface area contributed by atoms with Crippen LogP contribution < -0.4 is 5.32 Å². The molecule has 2 aromatic carbocycles. The molecule has 0 aliphatic carbocycles. The number of nitrogens with one attached hydrogen (secondary N) is 1. The van der Waals surface area contributed by atoms with Gasteiger partial charge in [0.15, 0.2) is 11.3 Å². The molecule has 1 atom stereocenters. The van der Waals surface area contributed by atoms with Gasteiger partial charge < -0.3 is 5.32 Å². The zero-order valence-electron chi connectivity index (χ0n) is 18.4. The minimum atomic E-state index is 0.538. The normalized spacial score (nSPS) is 16.5. The highest BCUT2D eigenvalue weighted by Crippen LogP contribution is 2.35. The molecule has 1 fully saturated rings. The van der Waals surface area contributed by atoms with Crippen molar-refractivity contribution < 1.29 is 0 Å². The standard InChI is InChI=1S/C26H26N6/c1-18-4-6-20(7-5-18)25-24(19-8-10-22(27-2)11-9-19)14-21(26-29-17-30-32(25)26)15-31-13-12-23(16-31)28-3/h4-11,14,17,23,28H,12-13,15-16H2,1,3H3/t23-/m1/s1. The maximum atomic E-state index is 7.29. The molecule has 1 aliphatic heterocycles. The Morgan fingerprint density at radius 1 is 1.09 bits per heavy atom. The number of likely N-dealkylation sites (N-methyl/N-ethyl adjacent to an activating group) is 1. The van der Waals surface area contributed by atoms with Crippen molar-refractivity contribution in [3.05, 3.63) is 83.5 Å². The molecule has 0 spiro atoms. The summed E-state index contributed by atoms with van der Waals surface area (Å²) in [5, 5.41) is 8.03. The third kappa shape index (κ3) is 3.77. The van der Waals surface area contributed by atoms with E-state index in [0.29, 0.717) is 11.7 Å². The number of fused-ring (bicyclic) bond motifs is 1. The number of nitrogens with zero attached hydrogens (tertiary/aromatic N) is 5. The van der Waals surface area contributed by atoms with E-state index in [-0.39, 0.29) is 0 Å². The topological polar surface area (TPSA) is 49.8 Å². The molecule has 0 bridgehead atoms. The van der Waals surface area contributed by atoms with Crippen LogP contribution in [0.3, 0.4) is 0 Å². The molecule has 5 rings (SSSR count). The Morgan fingerprint density at radius 3 is 2.53 bits per heavy atom. The number of aromatic nitrogens is 3. The zero-order chi connectivity index (χ0) is 22.1. The summed E-state index contributed by atoms with van der Waals surface area (Å²) in [7, 11) is 2.03.